The Morgan fingerprint density at radius 1 is 1.00 bits per heavy atom. The van der Waals surface area contributed by atoms with Crippen molar-refractivity contribution in [2.75, 3.05) is 19.5 Å². The fourth-order valence-electron chi connectivity index (χ4n) is 2.85. The zero-order valence-corrected chi connectivity index (χ0v) is 15.5. The number of aromatic nitrogens is 3. The Morgan fingerprint density at radius 2 is 1.81 bits per heavy atom. The molecule has 0 unspecified atom stereocenters. The van der Waals surface area contributed by atoms with Gasteiger partial charge in [-0.25, -0.2) is 9.97 Å². The van der Waals surface area contributed by atoms with Crippen LogP contribution in [-0.2, 0) is 7.05 Å². The molecule has 6 nitrogen and oxygen atoms in total. The Hall–Kier alpha value is -3.06. The highest BCUT2D eigenvalue weighted by molar-refractivity contribution is 7.14. The summed E-state index contributed by atoms with van der Waals surface area (Å²) in [6.45, 7) is 0. The molecule has 0 amide bonds. The second kappa shape index (κ2) is 6.68. The van der Waals surface area contributed by atoms with Gasteiger partial charge in [0.15, 0.2) is 22.5 Å². The van der Waals surface area contributed by atoms with Gasteiger partial charge < -0.3 is 19.4 Å². The molecule has 4 rings (SSSR count). The number of imidazole rings is 1. The maximum absolute atomic E-state index is 5.34. The molecule has 0 atom stereocenters. The average Bonchev–Trinajstić information content (AvgIpc) is 3.26. The lowest BCUT2D eigenvalue weighted by Crippen LogP contribution is -1.95. The number of rotatable bonds is 5. The minimum absolute atomic E-state index is 0.671. The maximum atomic E-state index is 5.34. The number of anilines is 2. The number of fused-ring (bicyclic) bond motifs is 1. The van der Waals surface area contributed by atoms with Crippen molar-refractivity contribution in [2.45, 2.75) is 0 Å². The standard InChI is InChI=1S/C19H18N4O2S/c1-23-15-7-5-4-6-13(15)21-18(23)14-11-26-19(22-14)20-12-8-9-16(24-2)17(10-12)25-3/h4-11H,1-3H3,(H,20,22). The molecule has 0 aliphatic carbocycles. The highest BCUT2D eigenvalue weighted by atomic mass is 32.1. The Kier molecular flexibility index (Phi) is 4.22. The van der Waals surface area contributed by atoms with Gasteiger partial charge in [0.25, 0.3) is 0 Å². The van der Waals surface area contributed by atoms with E-state index in [2.05, 4.69) is 20.9 Å². The molecule has 0 aliphatic heterocycles. The van der Waals surface area contributed by atoms with Crippen molar-refractivity contribution < 1.29 is 9.47 Å². The molecular formula is C19H18N4O2S. The van der Waals surface area contributed by atoms with Crippen LogP contribution in [0, 0.1) is 0 Å². The predicted octanol–water partition coefficient (Wildman–Crippen LogP) is 4.46. The van der Waals surface area contributed by atoms with Crippen molar-refractivity contribution in [1.82, 2.24) is 14.5 Å². The van der Waals surface area contributed by atoms with Gasteiger partial charge in [0.2, 0.25) is 0 Å². The second-order valence-corrected chi connectivity index (χ2v) is 6.57. The summed E-state index contributed by atoms with van der Waals surface area (Å²) in [5, 5.41) is 6.10. The van der Waals surface area contributed by atoms with Gasteiger partial charge in [-0.05, 0) is 24.3 Å². The largest absolute Gasteiger partial charge is 0.493 e. The molecule has 26 heavy (non-hydrogen) atoms. The van der Waals surface area contributed by atoms with Gasteiger partial charge in [-0.3, -0.25) is 0 Å². The van der Waals surface area contributed by atoms with E-state index in [0.717, 1.165) is 33.4 Å². The third-order valence-corrected chi connectivity index (χ3v) is 4.91. The average molecular weight is 366 g/mol. The normalized spacial score (nSPS) is 10.9. The number of hydrogen-bond acceptors (Lipinski definition) is 6. The van der Waals surface area contributed by atoms with E-state index < -0.39 is 0 Å². The molecular weight excluding hydrogens is 348 g/mol. The number of methoxy groups -OCH3 is 2. The van der Waals surface area contributed by atoms with E-state index in [9.17, 15) is 0 Å². The third kappa shape index (κ3) is 2.86. The van der Waals surface area contributed by atoms with Gasteiger partial charge in [-0.2, -0.15) is 0 Å². The SMILES string of the molecule is COc1ccc(Nc2nc(-c3nc4ccccc4n3C)cs2)cc1OC. The zero-order chi connectivity index (χ0) is 18.1. The molecule has 132 valence electrons. The summed E-state index contributed by atoms with van der Waals surface area (Å²) in [5.74, 6) is 2.21. The fraction of sp³-hybridized carbons (Fsp3) is 0.158. The number of ether oxygens (including phenoxy) is 2. The molecule has 0 bridgehead atoms. The Labute approximate surface area is 155 Å². The summed E-state index contributed by atoms with van der Waals surface area (Å²) < 4.78 is 12.7. The molecule has 2 heterocycles. The summed E-state index contributed by atoms with van der Waals surface area (Å²) in [6, 6.07) is 13.7. The lowest BCUT2D eigenvalue weighted by atomic mass is 10.3. The van der Waals surface area contributed by atoms with E-state index in [-0.39, 0.29) is 0 Å². The van der Waals surface area contributed by atoms with E-state index in [1.54, 1.807) is 14.2 Å². The smallest absolute Gasteiger partial charge is 0.187 e. The first kappa shape index (κ1) is 16.4. The van der Waals surface area contributed by atoms with E-state index in [4.69, 9.17) is 14.5 Å². The van der Waals surface area contributed by atoms with Gasteiger partial charge in [0.1, 0.15) is 5.69 Å². The first-order valence-corrected chi connectivity index (χ1v) is 8.94. The Morgan fingerprint density at radius 3 is 2.58 bits per heavy atom. The van der Waals surface area contributed by atoms with Crippen LogP contribution in [0.4, 0.5) is 10.8 Å². The molecule has 4 aromatic rings. The quantitative estimate of drug-likeness (QED) is 0.565. The summed E-state index contributed by atoms with van der Waals surface area (Å²) in [7, 11) is 5.25. The number of hydrogen-bond donors (Lipinski definition) is 1. The van der Waals surface area contributed by atoms with Crippen LogP contribution >= 0.6 is 11.3 Å². The topological polar surface area (TPSA) is 61.2 Å². The Balaban J connectivity index is 1.63. The number of thiazole rings is 1. The lowest BCUT2D eigenvalue weighted by molar-refractivity contribution is 0.355. The highest BCUT2D eigenvalue weighted by Gasteiger charge is 2.13. The minimum Gasteiger partial charge on any atom is -0.493 e. The van der Waals surface area contributed by atoms with Crippen molar-refractivity contribution in [1.29, 1.82) is 0 Å². The van der Waals surface area contributed by atoms with Crippen molar-refractivity contribution in [3.05, 3.63) is 47.8 Å². The summed E-state index contributed by atoms with van der Waals surface area (Å²) >= 11 is 1.53. The predicted molar refractivity (Wildman–Crippen MR) is 105 cm³/mol. The first-order chi connectivity index (χ1) is 12.7. The van der Waals surface area contributed by atoms with E-state index in [0.29, 0.717) is 11.5 Å². The van der Waals surface area contributed by atoms with Crippen molar-refractivity contribution >= 4 is 33.2 Å². The number of para-hydroxylation sites is 2. The van der Waals surface area contributed by atoms with Gasteiger partial charge >= 0.3 is 0 Å². The van der Waals surface area contributed by atoms with Crippen LogP contribution in [0.25, 0.3) is 22.6 Å². The third-order valence-electron chi connectivity index (χ3n) is 4.16. The van der Waals surface area contributed by atoms with Crippen LogP contribution in [-0.4, -0.2) is 28.8 Å². The van der Waals surface area contributed by atoms with Crippen molar-refractivity contribution in [2.24, 2.45) is 7.05 Å². The van der Waals surface area contributed by atoms with Gasteiger partial charge in [-0.1, -0.05) is 12.1 Å². The number of benzene rings is 2. The van der Waals surface area contributed by atoms with Crippen LogP contribution in [0.2, 0.25) is 0 Å². The molecule has 2 aromatic heterocycles. The van der Waals surface area contributed by atoms with E-state index >= 15 is 0 Å². The maximum Gasteiger partial charge on any atom is 0.187 e. The zero-order valence-electron chi connectivity index (χ0n) is 14.7. The summed E-state index contributed by atoms with van der Waals surface area (Å²) in [4.78, 5) is 9.38. The van der Waals surface area contributed by atoms with Crippen LogP contribution in [0.3, 0.4) is 0 Å². The second-order valence-electron chi connectivity index (χ2n) is 5.72. The lowest BCUT2D eigenvalue weighted by Gasteiger charge is -2.09. The van der Waals surface area contributed by atoms with Gasteiger partial charge in [0.05, 0.1) is 25.3 Å². The van der Waals surface area contributed by atoms with Crippen molar-refractivity contribution in [3.8, 4) is 23.0 Å². The summed E-state index contributed by atoms with van der Waals surface area (Å²) in [6.07, 6.45) is 0. The fourth-order valence-corrected chi connectivity index (χ4v) is 3.56. The van der Waals surface area contributed by atoms with Crippen molar-refractivity contribution in [3.63, 3.8) is 0 Å². The number of nitrogens with zero attached hydrogens (tertiary/aromatic N) is 3. The molecule has 0 spiro atoms. The van der Waals surface area contributed by atoms with Gasteiger partial charge in [-0.15, -0.1) is 11.3 Å². The van der Waals surface area contributed by atoms with Crippen LogP contribution < -0.4 is 14.8 Å². The monoisotopic (exact) mass is 366 g/mol. The van der Waals surface area contributed by atoms with Crippen LogP contribution in [0.1, 0.15) is 0 Å². The summed E-state index contributed by atoms with van der Waals surface area (Å²) in [5.41, 5.74) is 3.78. The number of nitrogens with one attached hydrogen (secondary N) is 1. The van der Waals surface area contributed by atoms with E-state index in [1.807, 2.05) is 48.8 Å². The van der Waals surface area contributed by atoms with Gasteiger partial charge in [0, 0.05) is 24.2 Å². The Bertz CT molecular complexity index is 1070. The molecule has 0 saturated carbocycles. The van der Waals surface area contributed by atoms with Crippen LogP contribution in [0.15, 0.2) is 47.8 Å². The minimum atomic E-state index is 0.671. The molecule has 0 saturated heterocycles. The highest BCUT2D eigenvalue weighted by Crippen LogP contribution is 2.33. The molecule has 1 N–H and O–H groups in total. The first-order valence-electron chi connectivity index (χ1n) is 8.06. The number of aryl methyl sites for hydroxylation is 1. The molecule has 7 heteroatoms. The molecule has 0 fully saturated rings. The van der Waals surface area contributed by atoms with E-state index in [1.165, 1.54) is 11.3 Å². The van der Waals surface area contributed by atoms with Crippen LogP contribution in [0.5, 0.6) is 11.5 Å². The molecule has 0 radical (unpaired) electrons. The molecule has 0 aliphatic rings. The molecule has 2 aromatic carbocycles.